The van der Waals surface area contributed by atoms with Gasteiger partial charge in [0.2, 0.25) is 0 Å². The molecule has 0 aliphatic rings. The average molecular weight is 269 g/mol. The van der Waals surface area contributed by atoms with Gasteiger partial charge < -0.3 is 9.84 Å². The zero-order chi connectivity index (χ0) is 12.3. The molecular formula is C12H9ClO3S. The van der Waals surface area contributed by atoms with E-state index in [0.29, 0.717) is 17.4 Å². The second-order valence-corrected chi connectivity index (χ2v) is 4.58. The molecule has 88 valence electrons. The lowest BCUT2D eigenvalue weighted by atomic mass is 10.2. The highest BCUT2D eigenvalue weighted by atomic mass is 35.5. The van der Waals surface area contributed by atoms with Crippen molar-refractivity contribution in [3.8, 4) is 5.75 Å². The van der Waals surface area contributed by atoms with E-state index >= 15 is 0 Å². The molecule has 1 aromatic carbocycles. The van der Waals surface area contributed by atoms with Gasteiger partial charge >= 0.3 is 5.97 Å². The molecule has 0 aliphatic heterocycles. The summed E-state index contributed by atoms with van der Waals surface area (Å²) in [6.45, 7) is 0.353. The number of carbonyl (C=O) groups is 1. The van der Waals surface area contributed by atoms with Crippen LogP contribution in [0.4, 0.5) is 0 Å². The summed E-state index contributed by atoms with van der Waals surface area (Å²) in [6, 6.07) is 6.49. The Morgan fingerprint density at radius 2 is 2.24 bits per heavy atom. The van der Waals surface area contributed by atoms with Gasteiger partial charge in [0, 0.05) is 5.02 Å². The van der Waals surface area contributed by atoms with Crippen LogP contribution in [-0.2, 0) is 6.61 Å². The topological polar surface area (TPSA) is 46.5 Å². The monoisotopic (exact) mass is 268 g/mol. The molecule has 0 saturated carbocycles. The lowest BCUT2D eigenvalue weighted by Crippen LogP contribution is -2.02. The standard InChI is InChI=1S/C12H9ClO3S/c13-9-1-2-11(10(5-9)12(14)15)16-6-8-3-4-17-7-8/h1-5,7H,6H2,(H,14,15). The minimum absolute atomic E-state index is 0.0766. The fraction of sp³-hybridized carbons (Fsp3) is 0.0833. The molecule has 0 spiro atoms. The van der Waals surface area contributed by atoms with Gasteiger partial charge in [-0.05, 0) is 40.6 Å². The van der Waals surface area contributed by atoms with Crippen molar-refractivity contribution in [2.75, 3.05) is 0 Å². The van der Waals surface area contributed by atoms with Gasteiger partial charge in [-0.2, -0.15) is 11.3 Å². The van der Waals surface area contributed by atoms with Crippen LogP contribution in [0.1, 0.15) is 15.9 Å². The Hall–Kier alpha value is -1.52. The molecule has 0 amide bonds. The summed E-state index contributed by atoms with van der Waals surface area (Å²) in [4.78, 5) is 11.0. The fourth-order valence-corrected chi connectivity index (χ4v) is 2.16. The molecule has 0 aliphatic carbocycles. The van der Waals surface area contributed by atoms with Gasteiger partial charge in [-0.3, -0.25) is 0 Å². The molecule has 17 heavy (non-hydrogen) atoms. The van der Waals surface area contributed by atoms with E-state index in [1.54, 1.807) is 23.5 Å². The van der Waals surface area contributed by atoms with Gasteiger partial charge in [-0.15, -0.1) is 0 Å². The quantitative estimate of drug-likeness (QED) is 0.920. The average Bonchev–Trinajstić information content (AvgIpc) is 2.80. The van der Waals surface area contributed by atoms with E-state index in [2.05, 4.69) is 0 Å². The number of rotatable bonds is 4. The number of hydrogen-bond donors (Lipinski definition) is 1. The molecule has 5 heteroatoms. The second kappa shape index (κ2) is 5.21. The van der Waals surface area contributed by atoms with Crippen molar-refractivity contribution in [2.24, 2.45) is 0 Å². The van der Waals surface area contributed by atoms with E-state index in [4.69, 9.17) is 21.4 Å². The number of hydrogen-bond acceptors (Lipinski definition) is 3. The van der Waals surface area contributed by atoms with Crippen LogP contribution in [0.2, 0.25) is 5.02 Å². The lowest BCUT2D eigenvalue weighted by Gasteiger charge is -2.08. The third kappa shape index (κ3) is 2.99. The highest BCUT2D eigenvalue weighted by Crippen LogP contribution is 2.24. The molecule has 0 saturated heterocycles. The van der Waals surface area contributed by atoms with Crippen molar-refractivity contribution >= 4 is 28.9 Å². The molecule has 0 bridgehead atoms. The van der Waals surface area contributed by atoms with Crippen molar-refractivity contribution in [2.45, 2.75) is 6.61 Å². The van der Waals surface area contributed by atoms with Crippen LogP contribution in [0, 0.1) is 0 Å². The number of carboxylic acid groups (broad SMARTS) is 1. The van der Waals surface area contributed by atoms with Crippen LogP contribution in [0.3, 0.4) is 0 Å². The maximum Gasteiger partial charge on any atom is 0.339 e. The maximum atomic E-state index is 11.0. The Morgan fingerprint density at radius 3 is 2.88 bits per heavy atom. The molecule has 1 heterocycles. The zero-order valence-corrected chi connectivity index (χ0v) is 10.3. The maximum absolute atomic E-state index is 11.0. The largest absolute Gasteiger partial charge is 0.488 e. The van der Waals surface area contributed by atoms with E-state index < -0.39 is 5.97 Å². The third-order valence-corrected chi connectivity index (χ3v) is 3.11. The fourth-order valence-electron chi connectivity index (χ4n) is 1.33. The smallest absolute Gasteiger partial charge is 0.339 e. The Labute approximate surface area is 107 Å². The van der Waals surface area contributed by atoms with Crippen molar-refractivity contribution in [1.82, 2.24) is 0 Å². The van der Waals surface area contributed by atoms with E-state index in [1.807, 2.05) is 16.8 Å². The van der Waals surface area contributed by atoms with Crippen LogP contribution >= 0.6 is 22.9 Å². The zero-order valence-electron chi connectivity index (χ0n) is 8.72. The van der Waals surface area contributed by atoms with Gasteiger partial charge in [-0.25, -0.2) is 4.79 Å². The Balaban J connectivity index is 2.17. The highest BCUT2D eigenvalue weighted by molar-refractivity contribution is 7.07. The number of benzene rings is 1. The van der Waals surface area contributed by atoms with Gasteiger partial charge in [-0.1, -0.05) is 11.6 Å². The molecule has 3 nitrogen and oxygen atoms in total. The number of carboxylic acids is 1. The third-order valence-electron chi connectivity index (χ3n) is 2.15. The normalized spacial score (nSPS) is 10.2. The summed E-state index contributed by atoms with van der Waals surface area (Å²) in [6.07, 6.45) is 0. The molecular weight excluding hydrogens is 260 g/mol. The molecule has 0 radical (unpaired) electrons. The summed E-state index contributed by atoms with van der Waals surface area (Å²) in [5.74, 6) is -0.721. The van der Waals surface area contributed by atoms with E-state index in [0.717, 1.165) is 5.56 Å². The second-order valence-electron chi connectivity index (χ2n) is 3.37. The summed E-state index contributed by atoms with van der Waals surface area (Å²) in [7, 11) is 0. The Bertz CT molecular complexity index is 523. The molecule has 0 fully saturated rings. The minimum Gasteiger partial charge on any atom is -0.488 e. The van der Waals surface area contributed by atoms with Crippen LogP contribution in [0.5, 0.6) is 5.75 Å². The molecule has 0 unspecified atom stereocenters. The van der Waals surface area contributed by atoms with E-state index in [-0.39, 0.29) is 5.56 Å². The number of halogens is 1. The number of aromatic carboxylic acids is 1. The first-order valence-electron chi connectivity index (χ1n) is 4.83. The molecule has 2 rings (SSSR count). The summed E-state index contributed by atoms with van der Waals surface area (Å²) >= 11 is 7.31. The first-order chi connectivity index (χ1) is 8.16. The van der Waals surface area contributed by atoms with Crippen LogP contribution in [0.15, 0.2) is 35.0 Å². The summed E-state index contributed by atoms with van der Waals surface area (Å²) in [5, 5.41) is 13.3. The van der Waals surface area contributed by atoms with Gasteiger partial charge in [0.05, 0.1) is 0 Å². The number of ether oxygens (including phenoxy) is 1. The van der Waals surface area contributed by atoms with Crippen molar-refractivity contribution in [3.63, 3.8) is 0 Å². The van der Waals surface area contributed by atoms with Crippen LogP contribution in [0.25, 0.3) is 0 Å². The summed E-state index contributed by atoms with van der Waals surface area (Å²) < 4.78 is 5.47. The number of thiophene rings is 1. The first kappa shape index (κ1) is 12.0. The van der Waals surface area contributed by atoms with Crippen molar-refractivity contribution in [1.29, 1.82) is 0 Å². The van der Waals surface area contributed by atoms with Crippen LogP contribution in [-0.4, -0.2) is 11.1 Å². The first-order valence-corrected chi connectivity index (χ1v) is 6.15. The predicted octanol–water partition coefficient (Wildman–Crippen LogP) is 3.68. The Kier molecular flexibility index (Phi) is 3.66. The van der Waals surface area contributed by atoms with E-state index in [1.165, 1.54) is 6.07 Å². The van der Waals surface area contributed by atoms with Gasteiger partial charge in [0.25, 0.3) is 0 Å². The molecule has 2 aromatic rings. The van der Waals surface area contributed by atoms with Gasteiger partial charge in [0.15, 0.2) is 0 Å². The van der Waals surface area contributed by atoms with Gasteiger partial charge in [0.1, 0.15) is 17.9 Å². The van der Waals surface area contributed by atoms with Crippen molar-refractivity contribution < 1.29 is 14.6 Å². The highest BCUT2D eigenvalue weighted by Gasteiger charge is 2.12. The minimum atomic E-state index is -1.05. The molecule has 1 aromatic heterocycles. The summed E-state index contributed by atoms with van der Waals surface area (Å²) in [5.41, 5.74) is 1.09. The predicted molar refractivity (Wildman–Crippen MR) is 67.1 cm³/mol. The molecule has 1 N–H and O–H groups in total. The van der Waals surface area contributed by atoms with Crippen molar-refractivity contribution in [3.05, 3.63) is 51.2 Å². The Morgan fingerprint density at radius 1 is 1.41 bits per heavy atom. The lowest BCUT2D eigenvalue weighted by molar-refractivity contribution is 0.0692. The molecule has 0 atom stereocenters. The van der Waals surface area contributed by atoms with Crippen LogP contribution < -0.4 is 4.74 Å². The SMILES string of the molecule is O=C(O)c1cc(Cl)ccc1OCc1ccsc1. The van der Waals surface area contributed by atoms with E-state index in [9.17, 15) is 4.79 Å².